The SMILES string of the molecule is NS(=O)(=O)c1ccc2c(c1)CN(c1cc(NCCCO)ncn1)CC2. The highest BCUT2D eigenvalue weighted by Gasteiger charge is 2.20. The van der Waals surface area contributed by atoms with Crippen LogP contribution in [0.2, 0.25) is 0 Å². The number of aliphatic hydroxyl groups is 1. The van der Waals surface area contributed by atoms with Gasteiger partial charge in [0.1, 0.15) is 18.0 Å². The van der Waals surface area contributed by atoms with Gasteiger partial charge in [0.25, 0.3) is 0 Å². The Hall–Kier alpha value is -2.23. The van der Waals surface area contributed by atoms with Crippen LogP contribution in [0.1, 0.15) is 17.5 Å². The quantitative estimate of drug-likeness (QED) is 0.638. The molecule has 9 heteroatoms. The molecule has 1 aromatic carbocycles. The second-order valence-electron chi connectivity index (χ2n) is 5.91. The molecule has 0 fully saturated rings. The summed E-state index contributed by atoms with van der Waals surface area (Å²) in [6.07, 6.45) is 2.94. The van der Waals surface area contributed by atoms with Gasteiger partial charge in [-0.05, 0) is 36.1 Å². The van der Waals surface area contributed by atoms with Crippen molar-refractivity contribution in [3.63, 3.8) is 0 Å². The topological polar surface area (TPSA) is 121 Å². The van der Waals surface area contributed by atoms with Crippen LogP contribution < -0.4 is 15.4 Å². The number of nitrogens with one attached hydrogen (secondary N) is 1. The molecule has 2 heterocycles. The molecule has 3 rings (SSSR count). The van der Waals surface area contributed by atoms with Crippen molar-refractivity contribution in [2.75, 3.05) is 29.9 Å². The predicted molar refractivity (Wildman–Crippen MR) is 94.8 cm³/mol. The van der Waals surface area contributed by atoms with Gasteiger partial charge in [-0.2, -0.15) is 0 Å². The van der Waals surface area contributed by atoms with Gasteiger partial charge in [0, 0.05) is 32.3 Å². The zero-order chi connectivity index (χ0) is 17.9. The number of rotatable bonds is 6. The second-order valence-corrected chi connectivity index (χ2v) is 7.47. The monoisotopic (exact) mass is 363 g/mol. The van der Waals surface area contributed by atoms with Gasteiger partial charge in [-0.15, -0.1) is 0 Å². The Bertz CT molecular complexity index is 857. The smallest absolute Gasteiger partial charge is 0.238 e. The molecule has 4 N–H and O–H groups in total. The Morgan fingerprint density at radius 1 is 1.24 bits per heavy atom. The van der Waals surface area contributed by atoms with Crippen LogP contribution in [0.3, 0.4) is 0 Å². The van der Waals surface area contributed by atoms with Gasteiger partial charge in [0.05, 0.1) is 4.90 Å². The van der Waals surface area contributed by atoms with Crippen molar-refractivity contribution in [1.82, 2.24) is 9.97 Å². The lowest BCUT2D eigenvalue weighted by molar-refractivity contribution is 0.292. The number of nitrogens with zero attached hydrogens (tertiary/aromatic N) is 3. The molecule has 25 heavy (non-hydrogen) atoms. The predicted octanol–water partition coefficient (Wildman–Crippen LogP) is 0.481. The third kappa shape index (κ3) is 4.25. The molecule has 0 bridgehead atoms. The molecule has 8 nitrogen and oxygen atoms in total. The van der Waals surface area contributed by atoms with Gasteiger partial charge < -0.3 is 15.3 Å². The maximum atomic E-state index is 11.6. The Morgan fingerprint density at radius 2 is 2.08 bits per heavy atom. The number of hydrogen-bond donors (Lipinski definition) is 3. The highest BCUT2D eigenvalue weighted by molar-refractivity contribution is 7.89. The van der Waals surface area contributed by atoms with Crippen LogP contribution >= 0.6 is 0 Å². The van der Waals surface area contributed by atoms with E-state index < -0.39 is 10.0 Å². The van der Waals surface area contributed by atoms with Gasteiger partial charge in [-0.25, -0.2) is 23.5 Å². The van der Waals surface area contributed by atoms with Crippen LogP contribution in [0, 0.1) is 0 Å². The Morgan fingerprint density at radius 3 is 2.84 bits per heavy atom. The molecule has 1 aromatic heterocycles. The lowest BCUT2D eigenvalue weighted by atomic mass is 10.00. The summed E-state index contributed by atoms with van der Waals surface area (Å²) in [5.41, 5.74) is 2.06. The van der Waals surface area contributed by atoms with Crippen molar-refractivity contribution < 1.29 is 13.5 Å². The fourth-order valence-electron chi connectivity index (χ4n) is 2.82. The van der Waals surface area contributed by atoms with E-state index in [4.69, 9.17) is 10.2 Å². The van der Waals surface area contributed by atoms with Crippen LogP contribution in [0.4, 0.5) is 11.6 Å². The van der Waals surface area contributed by atoms with Crippen LogP contribution in [0.15, 0.2) is 35.5 Å². The number of hydrogen-bond acceptors (Lipinski definition) is 7. The van der Waals surface area contributed by atoms with Gasteiger partial charge in [-0.3, -0.25) is 0 Å². The Labute approximate surface area is 146 Å². The summed E-state index contributed by atoms with van der Waals surface area (Å²) in [6.45, 7) is 2.11. The molecule has 0 unspecified atom stereocenters. The lowest BCUT2D eigenvalue weighted by Crippen LogP contribution is -2.31. The van der Waals surface area contributed by atoms with Crippen LogP contribution in [-0.4, -0.2) is 43.2 Å². The van der Waals surface area contributed by atoms with E-state index in [0.29, 0.717) is 25.3 Å². The fourth-order valence-corrected chi connectivity index (χ4v) is 3.38. The summed E-state index contributed by atoms with van der Waals surface area (Å²) in [5, 5.41) is 17.2. The second kappa shape index (κ2) is 7.34. The molecule has 0 radical (unpaired) electrons. The third-order valence-corrected chi connectivity index (χ3v) is 5.05. The van der Waals surface area contributed by atoms with E-state index in [1.165, 1.54) is 6.33 Å². The van der Waals surface area contributed by atoms with E-state index in [-0.39, 0.29) is 11.5 Å². The van der Waals surface area contributed by atoms with Crippen LogP contribution in [0.5, 0.6) is 0 Å². The van der Waals surface area contributed by atoms with Crippen molar-refractivity contribution in [2.45, 2.75) is 24.3 Å². The standard InChI is InChI=1S/C16H21N5O3S/c17-25(23,24)14-3-2-12-4-6-21(10-13(12)8-14)16-9-15(19-11-20-16)18-5-1-7-22/h2-3,8-9,11,22H,1,4-7,10H2,(H2,17,23,24)(H,18,19,20). The lowest BCUT2D eigenvalue weighted by Gasteiger charge is -2.30. The summed E-state index contributed by atoms with van der Waals surface area (Å²) < 4.78 is 23.1. The number of aromatic nitrogens is 2. The molecule has 0 atom stereocenters. The molecular formula is C16H21N5O3S. The summed E-state index contributed by atoms with van der Waals surface area (Å²) in [5.74, 6) is 1.47. The van der Waals surface area contributed by atoms with Crippen molar-refractivity contribution >= 4 is 21.7 Å². The zero-order valence-electron chi connectivity index (χ0n) is 13.7. The van der Waals surface area contributed by atoms with Crippen molar-refractivity contribution in [3.8, 4) is 0 Å². The van der Waals surface area contributed by atoms with E-state index in [9.17, 15) is 8.42 Å². The first-order valence-electron chi connectivity index (χ1n) is 8.04. The summed E-state index contributed by atoms with van der Waals surface area (Å²) in [4.78, 5) is 10.7. The summed E-state index contributed by atoms with van der Waals surface area (Å²) in [6, 6.07) is 6.87. The molecular weight excluding hydrogens is 342 g/mol. The first kappa shape index (κ1) is 17.6. The number of benzene rings is 1. The highest BCUT2D eigenvalue weighted by Crippen LogP contribution is 2.25. The molecule has 0 saturated carbocycles. The number of aliphatic hydroxyl groups excluding tert-OH is 1. The van der Waals surface area contributed by atoms with Crippen molar-refractivity contribution in [2.24, 2.45) is 5.14 Å². The number of anilines is 2. The average Bonchev–Trinajstić information content (AvgIpc) is 2.60. The average molecular weight is 363 g/mol. The Balaban J connectivity index is 1.79. The molecule has 134 valence electrons. The zero-order valence-corrected chi connectivity index (χ0v) is 14.5. The van der Waals surface area contributed by atoms with Gasteiger partial charge >= 0.3 is 0 Å². The summed E-state index contributed by atoms with van der Waals surface area (Å²) in [7, 11) is -3.71. The largest absolute Gasteiger partial charge is 0.396 e. The minimum Gasteiger partial charge on any atom is -0.396 e. The normalized spacial score (nSPS) is 14.2. The molecule has 1 aliphatic heterocycles. The maximum absolute atomic E-state index is 11.6. The van der Waals surface area contributed by atoms with Gasteiger partial charge in [-0.1, -0.05) is 6.07 Å². The number of primary sulfonamides is 1. The van der Waals surface area contributed by atoms with E-state index in [0.717, 1.165) is 29.9 Å². The molecule has 0 saturated heterocycles. The van der Waals surface area contributed by atoms with Gasteiger partial charge in [0.15, 0.2) is 0 Å². The van der Waals surface area contributed by atoms with Crippen molar-refractivity contribution in [3.05, 3.63) is 41.7 Å². The molecule has 2 aromatic rings. The number of nitrogens with two attached hydrogens (primary N) is 1. The minimum atomic E-state index is -3.71. The van der Waals surface area contributed by atoms with Crippen LogP contribution in [-0.2, 0) is 23.0 Å². The molecule has 0 spiro atoms. The number of fused-ring (bicyclic) bond motifs is 1. The number of sulfonamides is 1. The fraction of sp³-hybridized carbons (Fsp3) is 0.375. The molecule has 1 aliphatic rings. The van der Waals surface area contributed by atoms with Gasteiger partial charge in [0.2, 0.25) is 10.0 Å². The van der Waals surface area contributed by atoms with E-state index in [2.05, 4.69) is 20.2 Å². The third-order valence-electron chi connectivity index (χ3n) is 4.14. The molecule has 0 amide bonds. The van der Waals surface area contributed by atoms with E-state index in [1.54, 1.807) is 12.1 Å². The maximum Gasteiger partial charge on any atom is 0.238 e. The first-order chi connectivity index (χ1) is 12.0. The first-order valence-corrected chi connectivity index (χ1v) is 9.58. The minimum absolute atomic E-state index is 0.125. The van der Waals surface area contributed by atoms with E-state index >= 15 is 0 Å². The van der Waals surface area contributed by atoms with Crippen molar-refractivity contribution in [1.29, 1.82) is 0 Å². The van der Waals surface area contributed by atoms with Crippen LogP contribution in [0.25, 0.3) is 0 Å². The highest BCUT2D eigenvalue weighted by atomic mass is 32.2. The molecule has 0 aliphatic carbocycles. The summed E-state index contributed by atoms with van der Waals surface area (Å²) >= 11 is 0. The van der Waals surface area contributed by atoms with E-state index in [1.807, 2.05) is 12.1 Å². The Kier molecular flexibility index (Phi) is 5.16.